The van der Waals surface area contributed by atoms with Crippen molar-refractivity contribution in [2.75, 3.05) is 10.6 Å². The number of amides is 2. The number of nitrogen functional groups attached to an aromatic ring is 1. The molecule has 0 aliphatic rings. The fourth-order valence-electron chi connectivity index (χ4n) is 4.86. The standard InChI is InChI=1S/C30H27N9O/c31-17-20-8-4-10-23(14-20)39(30(33)40)24-11-5-9-22(15-24)28-27(21-12-13-26-25(16-21)29(32)36-34-26)35-37-38(28)18-19-6-2-1-3-7-19/h1-16H,17-18,31H2,(H2,33,40)(H3,32,34,36). The number of hydrogen-bond donors (Lipinski definition) is 4. The molecule has 198 valence electrons. The average molecular weight is 530 g/mol. The third kappa shape index (κ3) is 4.63. The first kappa shape index (κ1) is 24.8. The third-order valence-corrected chi connectivity index (χ3v) is 6.78. The van der Waals surface area contributed by atoms with Crippen molar-refractivity contribution in [3.05, 3.63) is 108 Å². The molecule has 0 aliphatic heterocycles. The largest absolute Gasteiger partial charge is 0.382 e. The van der Waals surface area contributed by atoms with Crippen LogP contribution in [0.15, 0.2) is 97.1 Å². The van der Waals surface area contributed by atoms with Crippen LogP contribution in [0.1, 0.15) is 11.1 Å². The first-order valence-electron chi connectivity index (χ1n) is 12.7. The molecule has 6 aromatic rings. The van der Waals surface area contributed by atoms with Gasteiger partial charge in [0.2, 0.25) is 0 Å². The van der Waals surface area contributed by atoms with E-state index in [1.807, 2.05) is 102 Å². The van der Waals surface area contributed by atoms with Crippen LogP contribution in [0.25, 0.3) is 33.4 Å². The minimum absolute atomic E-state index is 0.347. The van der Waals surface area contributed by atoms with E-state index in [4.69, 9.17) is 17.2 Å². The van der Waals surface area contributed by atoms with Gasteiger partial charge in [-0.1, -0.05) is 65.9 Å². The van der Waals surface area contributed by atoms with Crippen molar-refractivity contribution in [1.82, 2.24) is 25.2 Å². The summed E-state index contributed by atoms with van der Waals surface area (Å²) >= 11 is 0. The van der Waals surface area contributed by atoms with Crippen LogP contribution in [0.3, 0.4) is 0 Å². The fourth-order valence-corrected chi connectivity index (χ4v) is 4.86. The van der Waals surface area contributed by atoms with Crippen LogP contribution >= 0.6 is 0 Å². The zero-order valence-corrected chi connectivity index (χ0v) is 21.5. The molecule has 7 N–H and O–H groups in total. The highest BCUT2D eigenvalue weighted by atomic mass is 16.2. The minimum atomic E-state index is -0.608. The highest BCUT2D eigenvalue weighted by Crippen LogP contribution is 2.36. The van der Waals surface area contributed by atoms with E-state index in [0.717, 1.165) is 38.9 Å². The molecule has 0 atom stereocenters. The maximum Gasteiger partial charge on any atom is 0.323 e. The SMILES string of the molecule is NCc1cccc(N(C(N)=O)c2cccc(-c3c(-c4ccc5[nH]nc(N)c5c4)nnn3Cc3ccccc3)c2)c1. The Balaban J connectivity index is 1.50. The van der Waals surface area contributed by atoms with E-state index in [2.05, 4.69) is 20.5 Å². The lowest BCUT2D eigenvalue weighted by Crippen LogP contribution is -2.31. The second-order valence-corrected chi connectivity index (χ2v) is 9.40. The smallest absolute Gasteiger partial charge is 0.323 e. The number of nitrogens with zero attached hydrogens (tertiary/aromatic N) is 5. The molecule has 0 spiro atoms. The molecule has 0 saturated heterocycles. The van der Waals surface area contributed by atoms with Crippen LogP contribution in [-0.4, -0.2) is 31.2 Å². The van der Waals surface area contributed by atoms with E-state index in [9.17, 15) is 4.79 Å². The molecule has 6 rings (SSSR count). The number of primary amides is 1. The lowest BCUT2D eigenvalue weighted by atomic mass is 10.0. The molecular formula is C30H27N9O. The molecule has 0 unspecified atom stereocenters. The van der Waals surface area contributed by atoms with Gasteiger partial charge in [-0.3, -0.25) is 10.00 Å². The number of aromatic amines is 1. The van der Waals surface area contributed by atoms with Crippen molar-refractivity contribution in [3.63, 3.8) is 0 Å². The molecule has 40 heavy (non-hydrogen) atoms. The van der Waals surface area contributed by atoms with E-state index in [-0.39, 0.29) is 0 Å². The van der Waals surface area contributed by atoms with Gasteiger partial charge in [-0.05, 0) is 47.5 Å². The Labute approximate surface area is 230 Å². The Bertz CT molecular complexity index is 1820. The van der Waals surface area contributed by atoms with Crippen LogP contribution in [0.5, 0.6) is 0 Å². The maximum atomic E-state index is 12.7. The number of benzene rings is 4. The van der Waals surface area contributed by atoms with Gasteiger partial charge in [-0.25, -0.2) is 9.48 Å². The predicted molar refractivity (Wildman–Crippen MR) is 157 cm³/mol. The Hall–Kier alpha value is -5.48. The van der Waals surface area contributed by atoms with Gasteiger partial charge in [0, 0.05) is 23.1 Å². The quantitative estimate of drug-likeness (QED) is 0.233. The summed E-state index contributed by atoms with van der Waals surface area (Å²) in [5.41, 5.74) is 25.0. The van der Waals surface area contributed by atoms with Gasteiger partial charge in [0.15, 0.2) is 5.82 Å². The van der Waals surface area contributed by atoms with E-state index >= 15 is 0 Å². The first-order chi connectivity index (χ1) is 19.5. The molecule has 10 nitrogen and oxygen atoms in total. The number of H-pyrrole nitrogens is 1. The van der Waals surface area contributed by atoms with Crippen molar-refractivity contribution in [3.8, 4) is 22.5 Å². The van der Waals surface area contributed by atoms with Gasteiger partial charge in [0.1, 0.15) is 5.69 Å². The number of anilines is 3. The van der Waals surface area contributed by atoms with Gasteiger partial charge < -0.3 is 17.2 Å². The number of fused-ring (bicyclic) bond motifs is 1. The number of nitrogens with two attached hydrogens (primary N) is 3. The maximum absolute atomic E-state index is 12.7. The topological polar surface area (TPSA) is 158 Å². The number of rotatable bonds is 7. The molecule has 2 heterocycles. The number of urea groups is 1. The molecule has 0 saturated carbocycles. The molecule has 0 aliphatic carbocycles. The number of nitrogens with one attached hydrogen (secondary N) is 1. The average Bonchev–Trinajstić information content (AvgIpc) is 3.57. The first-order valence-corrected chi connectivity index (χ1v) is 12.7. The van der Waals surface area contributed by atoms with Gasteiger partial charge in [0.25, 0.3) is 0 Å². The van der Waals surface area contributed by atoms with Crippen molar-refractivity contribution in [1.29, 1.82) is 0 Å². The highest BCUT2D eigenvalue weighted by Gasteiger charge is 2.21. The van der Waals surface area contributed by atoms with Gasteiger partial charge in [-0.15, -0.1) is 5.10 Å². The lowest BCUT2D eigenvalue weighted by Gasteiger charge is -2.22. The van der Waals surface area contributed by atoms with E-state index in [0.29, 0.717) is 36.0 Å². The summed E-state index contributed by atoms with van der Waals surface area (Å²) in [6, 6.07) is 30.3. The number of hydrogen-bond acceptors (Lipinski definition) is 6. The summed E-state index contributed by atoms with van der Waals surface area (Å²) in [5.74, 6) is 0.411. The minimum Gasteiger partial charge on any atom is -0.382 e. The third-order valence-electron chi connectivity index (χ3n) is 6.78. The zero-order valence-electron chi connectivity index (χ0n) is 21.5. The summed E-state index contributed by atoms with van der Waals surface area (Å²) in [6.07, 6.45) is 0. The van der Waals surface area contributed by atoms with E-state index in [1.165, 1.54) is 4.90 Å². The Morgan fingerprint density at radius 3 is 2.38 bits per heavy atom. The lowest BCUT2D eigenvalue weighted by molar-refractivity contribution is 0.256. The van der Waals surface area contributed by atoms with Crippen molar-refractivity contribution in [2.45, 2.75) is 13.1 Å². The van der Waals surface area contributed by atoms with Gasteiger partial charge in [-0.2, -0.15) is 5.10 Å². The molecule has 0 fully saturated rings. The number of carbonyl (C=O) groups excluding carboxylic acids is 1. The second-order valence-electron chi connectivity index (χ2n) is 9.40. The van der Waals surface area contributed by atoms with Crippen LogP contribution in [0, 0.1) is 0 Å². The van der Waals surface area contributed by atoms with Crippen molar-refractivity contribution in [2.24, 2.45) is 11.5 Å². The zero-order chi connectivity index (χ0) is 27.6. The summed E-state index contributed by atoms with van der Waals surface area (Å²) in [5, 5.41) is 17.0. The molecule has 0 radical (unpaired) electrons. The summed E-state index contributed by atoms with van der Waals surface area (Å²) < 4.78 is 1.86. The van der Waals surface area contributed by atoms with E-state index in [1.54, 1.807) is 0 Å². The van der Waals surface area contributed by atoms with Crippen molar-refractivity contribution >= 4 is 34.1 Å². The summed E-state index contributed by atoms with van der Waals surface area (Å²) in [7, 11) is 0. The second kappa shape index (κ2) is 10.4. The van der Waals surface area contributed by atoms with Gasteiger partial charge >= 0.3 is 6.03 Å². The van der Waals surface area contributed by atoms with Crippen LogP contribution < -0.4 is 22.1 Å². The molecule has 0 bridgehead atoms. The highest BCUT2D eigenvalue weighted by molar-refractivity contribution is 5.99. The molecule has 2 aromatic heterocycles. The van der Waals surface area contributed by atoms with E-state index < -0.39 is 6.03 Å². The molecule has 10 heteroatoms. The number of aromatic nitrogens is 5. The van der Waals surface area contributed by atoms with Crippen molar-refractivity contribution < 1.29 is 4.79 Å². The van der Waals surface area contributed by atoms with Crippen LogP contribution in [0.2, 0.25) is 0 Å². The normalized spacial score (nSPS) is 11.1. The molecular weight excluding hydrogens is 502 g/mol. The number of carbonyl (C=O) groups is 1. The summed E-state index contributed by atoms with van der Waals surface area (Å²) in [4.78, 5) is 14.2. The Morgan fingerprint density at radius 2 is 1.60 bits per heavy atom. The molecule has 4 aromatic carbocycles. The Kier molecular flexibility index (Phi) is 6.43. The van der Waals surface area contributed by atoms with Gasteiger partial charge in [0.05, 0.1) is 29.1 Å². The van der Waals surface area contributed by atoms with Crippen LogP contribution in [0.4, 0.5) is 22.0 Å². The predicted octanol–water partition coefficient (Wildman–Crippen LogP) is 4.79. The van der Waals surface area contributed by atoms with Crippen LogP contribution in [-0.2, 0) is 13.1 Å². The molecule has 2 amide bonds. The monoisotopic (exact) mass is 529 g/mol. The summed E-state index contributed by atoms with van der Waals surface area (Å²) in [6.45, 7) is 0.848. The Morgan fingerprint density at radius 1 is 0.850 bits per heavy atom. The fraction of sp³-hybridized carbons (Fsp3) is 0.0667.